The number of hydrogen-bond donors (Lipinski definition) is 1. The average Bonchev–Trinajstić information content (AvgIpc) is 2.74. The number of amides is 2. The Labute approximate surface area is 209 Å². The number of carbonyl (C=O) groups excluding carboxylic acids is 2. The van der Waals surface area contributed by atoms with Gasteiger partial charge in [-0.05, 0) is 59.2 Å². The molecule has 0 spiro atoms. The van der Waals surface area contributed by atoms with Crippen LogP contribution in [0.2, 0.25) is 0 Å². The monoisotopic (exact) mass is 503 g/mol. The van der Waals surface area contributed by atoms with Gasteiger partial charge in [0.1, 0.15) is 18.3 Å². The molecule has 0 aliphatic rings. The molecule has 0 heterocycles. The maximum atomic E-state index is 13.6. The molecule has 0 saturated heterocycles. The van der Waals surface area contributed by atoms with Gasteiger partial charge < -0.3 is 15.0 Å². The summed E-state index contributed by atoms with van der Waals surface area (Å²) in [5, 5.41) is 2.91. The van der Waals surface area contributed by atoms with Crippen molar-refractivity contribution in [2.45, 2.75) is 59.7 Å². The number of aryl methyl sites for hydroxylation is 1. The summed E-state index contributed by atoms with van der Waals surface area (Å²) in [7, 11) is -3.84. The fraction of sp³-hybridized carbons (Fsp3) is 0.462. The number of rotatable bonds is 10. The van der Waals surface area contributed by atoms with Crippen LogP contribution in [0, 0.1) is 6.92 Å². The van der Waals surface area contributed by atoms with Crippen molar-refractivity contribution < 1.29 is 22.7 Å². The Hall–Kier alpha value is -3.07. The van der Waals surface area contributed by atoms with E-state index in [0.29, 0.717) is 12.4 Å². The van der Waals surface area contributed by atoms with Crippen molar-refractivity contribution in [3.8, 4) is 5.75 Å². The predicted molar refractivity (Wildman–Crippen MR) is 139 cm³/mol. The second kappa shape index (κ2) is 11.6. The lowest BCUT2D eigenvalue weighted by Crippen LogP contribution is -2.54. The Kier molecular flexibility index (Phi) is 9.31. The van der Waals surface area contributed by atoms with Crippen LogP contribution in [0.1, 0.15) is 45.7 Å². The molecule has 0 bridgehead atoms. The lowest BCUT2D eigenvalue weighted by molar-refractivity contribution is -0.140. The third-order valence-corrected chi connectivity index (χ3v) is 6.34. The molecule has 0 aliphatic heterocycles. The standard InChI is InChI=1S/C26H37N3O5S/c1-8-34-23-15-10-9-14-22(23)29(35(7,32)33)18-24(30)28(17-21-13-11-12-19(2)16-21)20(3)25(31)27-26(4,5)6/h9-16,20H,8,17-18H2,1-7H3,(H,27,31)/t20-/m1/s1. The zero-order chi connectivity index (χ0) is 26.4. The quantitative estimate of drug-likeness (QED) is 0.535. The first-order chi connectivity index (χ1) is 16.2. The molecule has 0 aliphatic carbocycles. The smallest absolute Gasteiger partial charge is 0.244 e. The van der Waals surface area contributed by atoms with Gasteiger partial charge in [-0.3, -0.25) is 13.9 Å². The van der Waals surface area contributed by atoms with E-state index in [-0.39, 0.29) is 18.1 Å². The molecule has 0 unspecified atom stereocenters. The molecule has 0 fully saturated rings. The number of carbonyl (C=O) groups is 2. The molecule has 8 nitrogen and oxygen atoms in total. The Morgan fingerprint density at radius 2 is 1.74 bits per heavy atom. The summed E-state index contributed by atoms with van der Waals surface area (Å²) in [6, 6.07) is 13.5. The number of nitrogens with zero attached hydrogens (tertiary/aromatic N) is 2. The molecule has 2 aromatic rings. The highest BCUT2D eigenvalue weighted by Gasteiger charge is 2.32. The lowest BCUT2D eigenvalue weighted by atomic mass is 10.1. The molecule has 9 heteroatoms. The minimum absolute atomic E-state index is 0.157. The molecule has 0 saturated carbocycles. The SMILES string of the molecule is CCOc1ccccc1N(CC(=O)N(Cc1cccc(C)c1)[C@H](C)C(=O)NC(C)(C)C)S(C)(=O)=O. The van der Waals surface area contributed by atoms with Gasteiger partial charge >= 0.3 is 0 Å². The Bertz CT molecular complexity index is 1140. The van der Waals surface area contributed by atoms with Crippen molar-refractivity contribution in [1.29, 1.82) is 0 Å². The van der Waals surface area contributed by atoms with Crippen molar-refractivity contribution in [2.75, 3.05) is 23.7 Å². The minimum Gasteiger partial charge on any atom is -0.492 e. The van der Waals surface area contributed by atoms with Crippen LogP contribution in [0.25, 0.3) is 0 Å². The van der Waals surface area contributed by atoms with Crippen LogP contribution in [0.15, 0.2) is 48.5 Å². The molecule has 192 valence electrons. The number of nitrogens with one attached hydrogen (secondary N) is 1. The first-order valence-corrected chi connectivity index (χ1v) is 13.4. The number of hydrogen-bond acceptors (Lipinski definition) is 5. The van der Waals surface area contributed by atoms with Gasteiger partial charge in [0.05, 0.1) is 18.6 Å². The third kappa shape index (κ3) is 8.28. The van der Waals surface area contributed by atoms with Gasteiger partial charge in [0, 0.05) is 12.1 Å². The van der Waals surface area contributed by atoms with Crippen LogP contribution in [-0.4, -0.2) is 56.1 Å². The number of para-hydroxylation sites is 2. The highest BCUT2D eigenvalue weighted by Crippen LogP contribution is 2.30. The Balaban J connectivity index is 2.45. The molecule has 35 heavy (non-hydrogen) atoms. The first kappa shape index (κ1) is 28.2. The fourth-order valence-corrected chi connectivity index (χ4v) is 4.45. The van der Waals surface area contributed by atoms with Crippen LogP contribution in [0.4, 0.5) is 5.69 Å². The molecule has 1 N–H and O–H groups in total. The Morgan fingerprint density at radius 1 is 1.09 bits per heavy atom. The second-order valence-electron chi connectivity index (χ2n) is 9.60. The van der Waals surface area contributed by atoms with Crippen LogP contribution >= 0.6 is 0 Å². The van der Waals surface area contributed by atoms with Crippen LogP contribution in [0.3, 0.4) is 0 Å². The van der Waals surface area contributed by atoms with Crippen molar-refractivity contribution in [1.82, 2.24) is 10.2 Å². The van der Waals surface area contributed by atoms with E-state index in [1.165, 1.54) is 4.90 Å². The highest BCUT2D eigenvalue weighted by molar-refractivity contribution is 7.92. The molecular formula is C26H37N3O5S. The minimum atomic E-state index is -3.84. The first-order valence-electron chi connectivity index (χ1n) is 11.6. The van der Waals surface area contributed by atoms with Crippen LogP contribution < -0.4 is 14.4 Å². The van der Waals surface area contributed by atoms with E-state index in [2.05, 4.69) is 5.32 Å². The van der Waals surface area contributed by atoms with E-state index >= 15 is 0 Å². The summed E-state index contributed by atoms with van der Waals surface area (Å²) in [6.07, 6.45) is 1.05. The molecule has 0 aromatic heterocycles. The summed E-state index contributed by atoms with van der Waals surface area (Å²) in [6.45, 7) is 11.0. The number of anilines is 1. The fourth-order valence-electron chi connectivity index (χ4n) is 3.60. The molecule has 0 radical (unpaired) electrons. The zero-order valence-electron chi connectivity index (χ0n) is 21.7. The van der Waals surface area contributed by atoms with Gasteiger partial charge in [-0.15, -0.1) is 0 Å². The largest absolute Gasteiger partial charge is 0.492 e. The van der Waals surface area contributed by atoms with Crippen LogP contribution in [-0.2, 0) is 26.2 Å². The van der Waals surface area contributed by atoms with E-state index in [1.807, 2.05) is 52.0 Å². The summed E-state index contributed by atoms with van der Waals surface area (Å²) < 4.78 is 32.2. The van der Waals surface area contributed by atoms with Gasteiger partial charge in [-0.1, -0.05) is 42.0 Å². The van der Waals surface area contributed by atoms with Crippen LogP contribution in [0.5, 0.6) is 5.75 Å². The molecule has 2 aromatic carbocycles. The maximum Gasteiger partial charge on any atom is 0.244 e. The normalized spacial score (nSPS) is 12.5. The van der Waals surface area contributed by atoms with Gasteiger partial charge in [0.2, 0.25) is 21.8 Å². The van der Waals surface area contributed by atoms with Gasteiger partial charge in [-0.25, -0.2) is 8.42 Å². The topological polar surface area (TPSA) is 96.0 Å². The number of benzene rings is 2. The lowest BCUT2D eigenvalue weighted by Gasteiger charge is -2.33. The maximum absolute atomic E-state index is 13.6. The predicted octanol–water partition coefficient (Wildman–Crippen LogP) is 3.49. The van der Waals surface area contributed by atoms with Gasteiger partial charge in [0.25, 0.3) is 0 Å². The van der Waals surface area contributed by atoms with Crippen molar-refractivity contribution in [3.05, 3.63) is 59.7 Å². The van der Waals surface area contributed by atoms with E-state index in [0.717, 1.165) is 21.7 Å². The number of sulfonamides is 1. The molecular weight excluding hydrogens is 466 g/mol. The summed E-state index contributed by atoms with van der Waals surface area (Å²) in [5.41, 5.74) is 1.64. The summed E-state index contributed by atoms with van der Waals surface area (Å²) in [4.78, 5) is 28.1. The van der Waals surface area contributed by atoms with Crippen molar-refractivity contribution in [3.63, 3.8) is 0 Å². The van der Waals surface area contributed by atoms with E-state index in [1.54, 1.807) is 38.1 Å². The average molecular weight is 504 g/mol. The summed E-state index contributed by atoms with van der Waals surface area (Å²) >= 11 is 0. The van der Waals surface area contributed by atoms with E-state index < -0.39 is 34.1 Å². The van der Waals surface area contributed by atoms with Gasteiger partial charge in [-0.2, -0.15) is 0 Å². The zero-order valence-corrected chi connectivity index (χ0v) is 22.5. The van der Waals surface area contributed by atoms with Gasteiger partial charge in [0.15, 0.2) is 0 Å². The summed E-state index contributed by atoms with van der Waals surface area (Å²) in [5.74, 6) is -0.462. The number of ether oxygens (including phenoxy) is 1. The van der Waals surface area contributed by atoms with E-state index in [4.69, 9.17) is 4.74 Å². The second-order valence-corrected chi connectivity index (χ2v) is 11.5. The molecule has 2 rings (SSSR count). The van der Waals surface area contributed by atoms with Crippen molar-refractivity contribution >= 4 is 27.5 Å². The molecule has 1 atom stereocenters. The van der Waals surface area contributed by atoms with Crippen molar-refractivity contribution in [2.24, 2.45) is 0 Å². The highest BCUT2D eigenvalue weighted by atomic mass is 32.2. The molecule has 2 amide bonds. The third-order valence-electron chi connectivity index (χ3n) is 5.21. The Morgan fingerprint density at radius 3 is 2.31 bits per heavy atom. The van der Waals surface area contributed by atoms with E-state index in [9.17, 15) is 18.0 Å².